The van der Waals surface area contributed by atoms with Gasteiger partial charge in [0.2, 0.25) is 0 Å². The highest BCUT2D eigenvalue weighted by atomic mass is 32.1. The molecular formula is C16H16N2O4S. The van der Waals surface area contributed by atoms with Crippen LogP contribution in [0.15, 0.2) is 41.8 Å². The number of carbonyl (C=O) groups is 3. The molecule has 0 spiro atoms. The van der Waals surface area contributed by atoms with Gasteiger partial charge < -0.3 is 15.0 Å². The Hall–Kier alpha value is -2.67. The Kier molecular flexibility index (Phi) is 5.48. The summed E-state index contributed by atoms with van der Waals surface area (Å²) in [6, 6.07) is 10.2. The molecule has 0 unspecified atom stereocenters. The third-order valence-corrected chi connectivity index (χ3v) is 4.03. The molecule has 0 radical (unpaired) electrons. The highest BCUT2D eigenvalue weighted by Crippen LogP contribution is 2.22. The molecule has 1 aromatic carbocycles. The number of rotatable bonds is 5. The van der Waals surface area contributed by atoms with Crippen LogP contribution in [0.25, 0.3) is 0 Å². The van der Waals surface area contributed by atoms with Gasteiger partial charge in [0.15, 0.2) is 0 Å². The molecule has 6 nitrogen and oxygen atoms in total. The highest BCUT2D eigenvalue weighted by Gasteiger charge is 2.20. The molecular weight excluding hydrogens is 316 g/mol. The normalized spacial score (nSPS) is 10.0. The van der Waals surface area contributed by atoms with Crippen molar-refractivity contribution in [1.82, 2.24) is 5.32 Å². The van der Waals surface area contributed by atoms with Crippen molar-refractivity contribution in [2.24, 2.45) is 0 Å². The second-order valence-electron chi connectivity index (χ2n) is 4.62. The average Bonchev–Trinajstić information content (AvgIpc) is 3.12. The fourth-order valence-corrected chi connectivity index (χ4v) is 2.65. The lowest BCUT2D eigenvalue weighted by atomic mass is 10.1. The second-order valence-corrected chi connectivity index (χ2v) is 5.57. The van der Waals surface area contributed by atoms with Crippen LogP contribution in [0.4, 0.5) is 5.69 Å². The minimum Gasteiger partial charge on any atom is -0.468 e. The first-order valence-corrected chi connectivity index (χ1v) is 7.68. The molecule has 0 aliphatic rings. The highest BCUT2D eigenvalue weighted by molar-refractivity contribution is 7.12. The van der Waals surface area contributed by atoms with Gasteiger partial charge in [0.25, 0.3) is 11.8 Å². The minimum atomic E-state index is -0.543. The van der Waals surface area contributed by atoms with Crippen molar-refractivity contribution in [3.8, 4) is 0 Å². The van der Waals surface area contributed by atoms with Crippen molar-refractivity contribution in [2.45, 2.75) is 0 Å². The van der Waals surface area contributed by atoms with Crippen LogP contribution in [-0.2, 0) is 9.53 Å². The number of amides is 2. The largest absolute Gasteiger partial charge is 0.468 e. The van der Waals surface area contributed by atoms with Crippen molar-refractivity contribution in [1.29, 1.82) is 0 Å². The van der Waals surface area contributed by atoms with Crippen LogP contribution < -0.4 is 10.2 Å². The van der Waals surface area contributed by atoms with E-state index in [1.807, 2.05) is 5.38 Å². The van der Waals surface area contributed by atoms with E-state index in [1.165, 1.54) is 23.3 Å². The summed E-state index contributed by atoms with van der Waals surface area (Å²) in [6.07, 6.45) is 0. The van der Waals surface area contributed by atoms with E-state index >= 15 is 0 Å². The van der Waals surface area contributed by atoms with Crippen LogP contribution in [0.5, 0.6) is 0 Å². The maximum absolute atomic E-state index is 12.4. The molecule has 120 valence electrons. The molecule has 2 aromatic rings. The summed E-state index contributed by atoms with van der Waals surface area (Å²) in [6.45, 7) is -0.230. The Labute approximate surface area is 137 Å². The Morgan fingerprint density at radius 2 is 1.91 bits per heavy atom. The van der Waals surface area contributed by atoms with Crippen molar-refractivity contribution < 1.29 is 19.1 Å². The number of nitrogens with one attached hydrogen (secondary N) is 1. The molecule has 0 saturated carbocycles. The van der Waals surface area contributed by atoms with Gasteiger partial charge in [-0.05, 0) is 23.6 Å². The first-order chi connectivity index (χ1) is 11.0. The van der Waals surface area contributed by atoms with Gasteiger partial charge in [-0.25, -0.2) is 0 Å². The summed E-state index contributed by atoms with van der Waals surface area (Å²) in [5.74, 6) is -1.19. The predicted octanol–water partition coefficient (Wildman–Crippen LogP) is 1.93. The number of nitrogens with zero attached hydrogens (tertiary/aromatic N) is 1. The Morgan fingerprint density at radius 1 is 1.17 bits per heavy atom. The zero-order valence-electron chi connectivity index (χ0n) is 12.7. The second kappa shape index (κ2) is 7.55. The third kappa shape index (κ3) is 3.95. The minimum absolute atomic E-state index is 0.201. The van der Waals surface area contributed by atoms with Crippen LogP contribution in [0.1, 0.15) is 20.0 Å². The van der Waals surface area contributed by atoms with Crippen molar-refractivity contribution in [3.63, 3.8) is 0 Å². The van der Waals surface area contributed by atoms with Crippen molar-refractivity contribution in [2.75, 3.05) is 25.6 Å². The molecule has 0 atom stereocenters. The molecule has 2 amide bonds. The first-order valence-electron chi connectivity index (χ1n) is 6.80. The standard InChI is InChI=1S/C16H16N2O4S/c1-18(16(21)13-8-5-9-23-13)12-7-4-3-6-11(12)15(20)17-10-14(19)22-2/h3-9H,10H2,1-2H3,(H,17,20). The number of benzene rings is 1. The molecule has 1 aromatic heterocycles. The van der Waals surface area contributed by atoms with Crippen molar-refractivity contribution in [3.05, 3.63) is 52.2 Å². The quantitative estimate of drug-likeness (QED) is 0.849. The number of anilines is 1. The monoisotopic (exact) mass is 332 g/mol. The molecule has 23 heavy (non-hydrogen) atoms. The van der Waals surface area contributed by atoms with Gasteiger partial charge in [-0.2, -0.15) is 0 Å². The average molecular weight is 332 g/mol. The van der Waals surface area contributed by atoms with Gasteiger partial charge in [-0.3, -0.25) is 14.4 Å². The van der Waals surface area contributed by atoms with Gasteiger partial charge in [0.05, 0.1) is 23.2 Å². The summed E-state index contributed by atoms with van der Waals surface area (Å²) in [4.78, 5) is 37.8. The molecule has 7 heteroatoms. The number of hydrogen-bond donors (Lipinski definition) is 1. The van der Waals surface area contributed by atoms with Crippen molar-refractivity contribution >= 4 is 34.8 Å². The molecule has 0 aliphatic heterocycles. The molecule has 1 heterocycles. The molecule has 0 fully saturated rings. The number of methoxy groups -OCH3 is 1. The molecule has 0 saturated heterocycles. The Morgan fingerprint density at radius 3 is 2.57 bits per heavy atom. The summed E-state index contributed by atoms with van der Waals surface area (Å²) >= 11 is 1.33. The first kappa shape index (κ1) is 16.7. The summed E-state index contributed by atoms with van der Waals surface area (Å²) in [5, 5.41) is 4.29. The van der Waals surface area contributed by atoms with E-state index < -0.39 is 11.9 Å². The molecule has 1 N–H and O–H groups in total. The van der Waals surface area contributed by atoms with E-state index in [2.05, 4.69) is 10.1 Å². The molecule has 0 bridgehead atoms. The summed E-state index contributed by atoms with van der Waals surface area (Å²) in [7, 11) is 2.85. The van der Waals surface area contributed by atoms with Gasteiger partial charge in [0, 0.05) is 7.05 Å². The number of carbonyl (C=O) groups excluding carboxylic acids is 3. The smallest absolute Gasteiger partial charge is 0.325 e. The van der Waals surface area contributed by atoms with E-state index in [9.17, 15) is 14.4 Å². The summed E-state index contributed by atoms with van der Waals surface area (Å²) in [5.41, 5.74) is 0.775. The zero-order chi connectivity index (χ0) is 16.8. The number of esters is 1. The number of para-hydroxylation sites is 1. The van der Waals surface area contributed by atoms with E-state index in [-0.39, 0.29) is 12.5 Å². The summed E-state index contributed by atoms with van der Waals surface area (Å²) < 4.78 is 4.48. The topological polar surface area (TPSA) is 75.7 Å². The van der Waals surface area contributed by atoms with E-state index in [0.717, 1.165) is 0 Å². The SMILES string of the molecule is COC(=O)CNC(=O)c1ccccc1N(C)C(=O)c1cccs1. The Bertz CT molecular complexity index is 713. The maximum Gasteiger partial charge on any atom is 0.325 e. The van der Waals surface area contributed by atoms with Crippen LogP contribution in [0, 0.1) is 0 Å². The molecule has 2 rings (SSSR count). The number of hydrogen-bond acceptors (Lipinski definition) is 5. The lowest BCUT2D eigenvalue weighted by Crippen LogP contribution is -2.33. The van der Waals surface area contributed by atoms with Gasteiger partial charge in [0.1, 0.15) is 6.54 Å². The zero-order valence-corrected chi connectivity index (χ0v) is 13.6. The number of ether oxygens (including phenoxy) is 1. The fraction of sp³-hybridized carbons (Fsp3) is 0.188. The van der Waals surface area contributed by atoms with Gasteiger partial charge in [-0.15, -0.1) is 11.3 Å². The lowest BCUT2D eigenvalue weighted by Gasteiger charge is -2.19. The predicted molar refractivity (Wildman–Crippen MR) is 87.8 cm³/mol. The van der Waals surface area contributed by atoms with E-state index in [4.69, 9.17) is 0 Å². The van der Waals surface area contributed by atoms with E-state index in [1.54, 1.807) is 43.4 Å². The molecule has 0 aliphatic carbocycles. The van der Waals surface area contributed by atoms with Crippen LogP contribution in [0.2, 0.25) is 0 Å². The Balaban J connectivity index is 2.21. The third-order valence-electron chi connectivity index (χ3n) is 3.17. The van der Waals surface area contributed by atoms with E-state index in [0.29, 0.717) is 16.1 Å². The van der Waals surface area contributed by atoms with Crippen LogP contribution >= 0.6 is 11.3 Å². The number of thiophene rings is 1. The van der Waals surface area contributed by atoms with Crippen LogP contribution in [-0.4, -0.2) is 38.5 Å². The maximum atomic E-state index is 12.4. The van der Waals surface area contributed by atoms with Crippen LogP contribution in [0.3, 0.4) is 0 Å². The van der Waals surface area contributed by atoms with Gasteiger partial charge in [-0.1, -0.05) is 18.2 Å². The van der Waals surface area contributed by atoms with Gasteiger partial charge >= 0.3 is 5.97 Å². The fourth-order valence-electron chi connectivity index (χ4n) is 1.95. The lowest BCUT2D eigenvalue weighted by molar-refractivity contribution is -0.139.